The quantitative estimate of drug-likeness (QED) is 0.149. The predicted molar refractivity (Wildman–Crippen MR) is 221 cm³/mol. The lowest BCUT2D eigenvalue weighted by Crippen LogP contribution is -2.59. The summed E-state index contributed by atoms with van der Waals surface area (Å²) in [5, 5.41) is 1.09. The molecule has 1 aliphatic carbocycles. The Morgan fingerprint density at radius 2 is 1.64 bits per heavy atom. The van der Waals surface area contributed by atoms with Gasteiger partial charge in [-0.25, -0.2) is 18.4 Å². The van der Waals surface area contributed by atoms with Crippen LogP contribution in [0.3, 0.4) is 0 Å². The number of fused-ring (bicyclic) bond motifs is 2. The zero-order valence-electron chi connectivity index (χ0n) is 32.3. The number of carbonyl (C=O) groups is 2. The van der Waals surface area contributed by atoms with Gasteiger partial charge in [0.15, 0.2) is 15.7 Å². The number of likely N-dealkylation sites (tertiary alicyclic amines) is 2. The fraction of sp³-hybridized carbons (Fsp3) is 0.349. The van der Waals surface area contributed by atoms with E-state index >= 15 is 0 Å². The number of hydrogen-bond acceptors (Lipinski definition) is 8. The first-order valence-corrected chi connectivity index (χ1v) is 21.7. The molecule has 3 fully saturated rings. The first-order chi connectivity index (χ1) is 27.8. The molecule has 2 aliphatic heterocycles. The summed E-state index contributed by atoms with van der Waals surface area (Å²) in [4.78, 5) is 38.2. The lowest BCUT2D eigenvalue weighted by molar-refractivity contribution is 0.0470. The number of methoxy groups -OCH3 is 1. The van der Waals surface area contributed by atoms with Crippen LogP contribution in [0.25, 0.3) is 33.5 Å². The Morgan fingerprint density at radius 3 is 2.34 bits per heavy atom. The van der Waals surface area contributed by atoms with Gasteiger partial charge >= 0.3 is 0 Å². The molecule has 6 aromatic rings. The largest absolute Gasteiger partial charge is 0.494 e. The molecule has 0 radical (unpaired) electrons. The van der Waals surface area contributed by atoms with Gasteiger partial charge in [-0.2, -0.15) is 4.39 Å². The molecule has 3 atom stereocenters. The number of aromatic nitrogens is 4. The molecule has 9 rings (SSSR count). The number of halogens is 2. The summed E-state index contributed by atoms with van der Waals surface area (Å²) < 4.78 is 53.3. The lowest BCUT2D eigenvalue weighted by Gasteiger charge is -2.39. The molecule has 2 N–H and O–H groups in total. The Hall–Kier alpha value is -5.12. The molecule has 3 aromatic heterocycles. The molecular weight excluding hydrogens is 825 g/mol. The summed E-state index contributed by atoms with van der Waals surface area (Å²) >= 11 is 3.37. The average molecular weight is 869 g/mol. The zero-order chi connectivity index (χ0) is 40.7. The molecule has 3 aliphatic rings. The van der Waals surface area contributed by atoms with E-state index in [0.717, 1.165) is 46.5 Å². The first kappa shape index (κ1) is 38.4. The Kier molecular flexibility index (Phi) is 9.47. The van der Waals surface area contributed by atoms with Crippen LogP contribution in [0.4, 0.5) is 4.39 Å². The van der Waals surface area contributed by atoms with Gasteiger partial charge in [0.1, 0.15) is 16.1 Å². The van der Waals surface area contributed by atoms with Crippen molar-refractivity contribution < 1.29 is 27.1 Å². The first-order valence-electron chi connectivity index (χ1n) is 19.5. The Bertz CT molecular complexity index is 2730. The summed E-state index contributed by atoms with van der Waals surface area (Å²) in [6, 6.07) is 22.0. The van der Waals surface area contributed by atoms with Gasteiger partial charge in [-0.1, -0.05) is 41.1 Å². The molecule has 5 heterocycles. The third-order valence-electron chi connectivity index (χ3n) is 12.3. The summed E-state index contributed by atoms with van der Waals surface area (Å²) in [6.45, 7) is 5.85. The number of sulfone groups is 1. The molecule has 0 spiro atoms. The van der Waals surface area contributed by atoms with Gasteiger partial charge in [-0.15, -0.1) is 0 Å². The molecule has 300 valence electrons. The van der Waals surface area contributed by atoms with E-state index in [-0.39, 0.29) is 34.7 Å². The Morgan fingerprint density at radius 1 is 0.914 bits per heavy atom. The van der Waals surface area contributed by atoms with Gasteiger partial charge < -0.3 is 29.4 Å². The summed E-state index contributed by atoms with van der Waals surface area (Å²) in [5.41, 5.74) is 10.7. The van der Waals surface area contributed by atoms with Crippen LogP contribution in [0.15, 0.2) is 94.4 Å². The van der Waals surface area contributed by atoms with Gasteiger partial charge in [0, 0.05) is 83.3 Å². The molecule has 12 nitrogen and oxygen atoms in total. The van der Waals surface area contributed by atoms with E-state index in [0.29, 0.717) is 53.7 Å². The maximum atomic E-state index is 14.6. The van der Waals surface area contributed by atoms with Crippen molar-refractivity contribution in [3.63, 3.8) is 0 Å². The highest BCUT2D eigenvalue weighted by Crippen LogP contribution is 2.42. The highest BCUT2D eigenvalue weighted by atomic mass is 79.9. The van der Waals surface area contributed by atoms with Crippen molar-refractivity contribution in [2.75, 3.05) is 26.7 Å². The number of nitrogens with zero attached hydrogens (tertiary/aromatic N) is 6. The normalized spacial score (nSPS) is 21.2. The van der Waals surface area contributed by atoms with Crippen LogP contribution in [0.1, 0.15) is 47.4 Å². The van der Waals surface area contributed by atoms with Crippen LogP contribution in [-0.2, 0) is 22.9 Å². The van der Waals surface area contributed by atoms with E-state index in [1.54, 1.807) is 55.0 Å². The minimum absolute atomic E-state index is 0.0522. The SMILES string of the molecule is COc1cc(C(=O)N2CC(C)C(N)(S(=O)(=O)c3ccc(Br)cc3)C2C)cc2nc(-c3cc4ccccc4n3CC3CC3)n(CC3CN(C(=O)c4ccnc(F)c4)C3)c12. The monoisotopic (exact) mass is 867 g/mol. The fourth-order valence-electron chi connectivity index (χ4n) is 8.84. The van der Waals surface area contributed by atoms with Crippen molar-refractivity contribution in [2.45, 2.75) is 55.6 Å². The van der Waals surface area contributed by atoms with E-state index in [9.17, 15) is 22.4 Å². The van der Waals surface area contributed by atoms with Gasteiger partial charge in [0.2, 0.25) is 5.95 Å². The highest BCUT2D eigenvalue weighted by molar-refractivity contribution is 9.10. The summed E-state index contributed by atoms with van der Waals surface area (Å²) in [6.07, 6.45) is 3.62. The molecule has 3 unspecified atom stereocenters. The number of benzene rings is 3. The van der Waals surface area contributed by atoms with Crippen LogP contribution in [-0.4, -0.2) is 86.8 Å². The molecule has 58 heavy (non-hydrogen) atoms. The van der Waals surface area contributed by atoms with Gasteiger partial charge in [0.25, 0.3) is 11.8 Å². The number of carbonyl (C=O) groups excluding carboxylic acids is 2. The standard InChI is InChI=1S/C43H43BrFN7O5S/c1-25-20-50(26(2)43(25,46)58(55,56)33-12-10-32(44)11-13-33)42(54)31-16-34-39(37(18-31)57-3)52(24-28-21-49(22-28)41(53)30-14-15-47-38(45)19-30)40(48-34)36-17-29-6-4-5-7-35(29)51(36)23-27-8-9-27/h4-7,10-19,25-28H,8-9,20-24,46H2,1-3H3. The van der Waals surface area contributed by atoms with E-state index in [1.165, 1.54) is 24.4 Å². The molecule has 1 saturated carbocycles. The van der Waals surface area contributed by atoms with Crippen LogP contribution >= 0.6 is 15.9 Å². The van der Waals surface area contributed by atoms with E-state index in [4.69, 9.17) is 15.5 Å². The second-order valence-electron chi connectivity index (χ2n) is 16.0. The van der Waals surface area contributed by atoms with Gasteiger partial charge in [-0.05, 0) is 80.3 Å². The number of para-hydroxylation sites is 1. The van der Waals surface area contributed by atoms with Crippen LogP contribution in [0.5, 0.6) is 5.75 Å². The summed E-state index contributed by atoms with van der Waals surface area (Å²) in [7, 11) is -2.51. The van der Waals surface area contributed by atoms with Gasteiger partial charge in [-0.3, -0.25) is 9.59 Å². The third-order valence-corrected chi connectivity index (χ3v) is 15.4. The van der Waals surface area contributed by atoms with Crippen molar-refractivity contribution in [3.05, 3.63) is 107 Å². The molecule has 2 saturated heterocycles. The number of pyridine rings is 1. The molecular formula is C43H43BrFN7O5S. The number of ether oxygens (including phenoxy) is 1. The fourth-order valence-corrected chi connectivity index (χ4v) is 11.2. The van der Waals surface area contributed by atoms with E-state index < -0.39 is 32.6 Å². The van der Waals surface area contributed by atoms with E-state index in [2.05, 4.69) is 48.2 Å². The Balaban J connectivity index is 1.10. The maximum Gasteiger partial charge on any atom is 0.254 e. The number of rotatable bonds is 10. The van der Waals surface area contributed by atoms with Crippen LogP contribution < -0.4 is 10.5 Å². The molecule has 0 bridgehead atoms. The zero-order valence-corrected chi connectivity index (χ0v) is 34.7. The van der Waals surface area contributed by atoms with Gasteiger partial charge in [0.05, 0.1) is 29.3 Å². The predicted octanol–water partition coefficient (Wildman–Crippen LogP) is 6.75. The van der Waals surface area contributed by atoms with Crippen molar-refractivity contribution in [1.82, 2.24) is 28.9 Å². The highest BCUT2D eigenvalue weighted by Gasteiger charge is 2.58. The average Bonchev–Trinajstić information content (AvgIpc) is 3.78. The number of amides is 2. The number of nitrogens with two attached hydrogens (primary N) is 1. The second-order valence-corrected chi connectivity index (χ2v) is 19.1. The molecule has 15 heteroatoms. The van der Waals surface area contributed by atoms with Crippen LogP contribution in [0, 0.1) is 23.7 Å². The minimum Gasteiger partial charge on any atom is -0.494 e. The van der Waals surface area contributed by atoms with E-state index in [1.807, 2.05) is 12.1 Å². The smallest absolute Gasteiger partial charge is 0.254 e. The molecule has 3 aromatic carbocycles. The Labute approximate surface area is 343 Å². The lowest BCUT2D eigenvalue weighted by atomic mass is 9.98. The number of hydrogen-bond donors (Lipinski definition) is 1. The number of imidazole rings is 1. The molecule has 2 amide bonds. The maximum absolute atomic E-state index is 14.6. The van der Waals surface area contributed by atoms with Crippen LogP contribution in [0.2, 0.25) is 0 Å². The van der Waals surface area contributed by atoms with Crippen molar-refractivity contribution in [1.29, 1.82) is 0 Å². The second kappa shape index (κ2) is 14.3. The van der Waals surface area contributed by atoms with Crippen molar-refractivity contribution in [3.8, 4) is 17.3 Å². The minimum atomic E-state index is -4.06. The van der Waals surface area contributed by atoms with Crippen molar-refractivity contribution in [2.24, 2.45) is 23.5 Å². The van der Waals surface area contributed by atoms with Crippen molar-refractivity contribution >= 4 is 59.5 Å². The summed E-state index contributed by atoms with van der Waals surface area (Å²) in [5.74, 6) is -0.139. The third kappa shape index (κ3) is 6.29. The topological polar surface area (TPSA) is 146 Å².